The first kappa shape index (κ1) is 12.1. The average Bonchev–Trinajstić information content (AvgIpc) is 3.00. The van der Waals surface area contributed by atoms with Crippen molar-refractivity contribution in [3.63, 3.8) is 0 Å². The third-order valence-corrected chi connectivity index (χ3v) is 4.75. The van der Waals surface area contributed by atoms with E-state index >= 15 is 0 Å². The zero-order valence-corrected chi connectivity index (χ0v) is 11.5. The molecule has 1 aromatic carbocycles. The van der Waals surface area contributed by atoms with Gasteiger partial charge in [0, 0.05) is 18.1 Å². The van der Waals surface area contributed by atoms with Gasteiger partial charge >= 0.3 is 0 Å². The molecular formula is C16H18N2O2. The highest BCUT2D eigenvalue weighted by Gasteiger charge is 2.45. The van der Waals surface area contributed by atoms with Crippen molar-refractivity contribution < 1.29 is 9.84 Å². The Morgan fingerprint density at radius 3 is 3.10 bits per heavy atom. The van der Waals surface area contributed by atoms with E-state index < -0.39 is 5.60 Å². The Balaban J connectivity index is 1.86. The van der Waals surface area contributed by atoms with Crippen molar-refractivity contribution in [3.05, 3.63) is 42.4 Å². The van der Waals surface area contributed by atoms with Crippen LogP contribution in [0.25, 0.3) is 11.3 Å². The maximum absolute atomic E-state index is 10.8. The van der Waals surface area contributed by atoms with Gasteiger partial charge in [0.05, 0.1) is 36.5 Å². The van der Waals surface area contributed by atoms with Crippen LogP contribution in [0.4, 0.5) is 0 Å². The summed E-state index contributed by atoms with van der Waals surface area (Å²) in [6.07, 6.45) is 4.45. The van der Waals surface area contributed by atoms with Gasteiger partial charge in [0.1, 0.15) is 0 Å². The lowest BCUT2D eigenvalue weighted by atomic mass is 9.78. The van der Waals surface area contributed by atoms with Crippen LogP contribution < -0.4 is 0 Å². The molecule has 2 aliphatic rings. The molecule has 1 aromatic heterocycles. The highest BCUT2D eigenvalue weighted by atomic mass is 16.5. The number of hydrogen-bond donors (Lipinski definition) is 1. The molecule has 2 aliphatic heterocycles. The minimum atomic E-state index is -0.706. The molecular weight excluding hydrogens is 252 g/mol. The SMILES string of the molecule is C[C@]1(O)CCOC[C@@H]1C1c2ccccc2-c2cncn21. The summed E-state index contributed by atoms with van der Waals surface area (Å²) in [5, 5.41) is 10.8. The molecule has 3 atom stereocenters. The van der Waals surface area contributed by atoms with Crippen LogP contribution in [-0.2, 0) is 4.74 Å². The van der Waals surface area contributed by atoms with Crippen LogP contribution in [-0.4, -0.2) is 33.5 Å². The lowest BCUT2D eigenvalue weighted by molar-refractivity contribution is -0.112. The van der Waals surface area contributed by atoms with Gasteiger partial charge in [0.2, 0.25) is 0 Å². The minimum Gasteiger partial charge on any atom is -0.390 e. The molecule has 2 aromatic rings. The predicted octanol–water partition coefficient (Wildman–Crippen LogP) is 2.24. The Morgan fingerprint density at radius 2 is 2.25 bits per heavy atom. The number of nitrogens with zero attached hydrogens (tertiary/aromatic N) is 2. The molecule has 1 fully saturated rings. The first-order valence-corrected chi connectivity index (χ1v) is 7.10. The third-order valence-electron chi connectivity index (χ3n) is 4.75. The average molecular weight is 270 g/mol. The summed E-state index contributed by atoms with van der Waals surface area (Å²) in [5.41, 5.74) is 2.91. The van der Waals surface area contributed by atoms with E-state index in [4.69, 9.17) is 4.74 Å². The number of aliphatic hydroxyl groups is 1. The van der Waals surface area contributed by atoms with Crippen molar-refractivity contribution in [3.8, 4) is 11.3 Å². The van der Waals surface area contributed by atoms with Crippen molar-refractivity contribution in [1.82, 2.24) is 9.55 Å². The van der Waals surface area contributed by atoms with Crippen LogP contribution in [0.5, 0.6) is 0 Å². The normalized spacial score (nSPS) is 31.9. The van der Waals surface area contributed by atoms with E-state index in [0.29, 0.717) is 19.6 Å². The van der Waals surface area contributed by atoms with Gasteiger partial charge in [-0.2, -0.15) is 0 Å². The molecule has 0 aliphatic carbocycles. The fraction of sp³-hybridized carbons (Fsp3) is 0.438. The van der Waals surface area contributed by atoms with Crippen LogP contribution in [0, 0.1) is 5.92 Å². The maximum Gasteiger partial charge on any atom is 0.0956 e. The standard InChI is InChI=1S/C16H18N2O2/c1-16(19)6-7-20-9-13(16)15-12-5-3-2-4-11(12)14-8-17-10-18(14)15/h2-5,8,10,13,15,19H,6-7,9H2,1H3/t13-,15?,16+/m1/s1. The maximum atomic E-state index is 10.8. The van der Waals surface area contributed by atoms with Crippen molar-refractivity contribution in [2.45, 2.75) is 25.0 Å². The summed E-state index contributed by atoms with van der Waals surface area (Å²) in [7, 11) is 0. The first-order chi connectivity index (χ1) is 9.68. The van der Waals surface area contributed by atoms with Gasteiger partial charge in [-0.1, -0.05) is 24.3 Å². The predicted molar refractivity (Wildman–Crippen MR) is 75.4 cm³/mol. The topological polar surface area (TPSA) is 47.3 Å². The number of fused-ring (bicyclic) bond motifs is 3. The molecule has 3 heterocycles. The van der Waals surface area contributed by atoms with E-state index in [0.717, 1.165) is 5.69 Å². The number of benzene rings is 1. The molecule has 0 saturated carbocycles. The van der Waals surface area contributed by atoms with Crippen LogP contribution >= 0.6 is 0 Å². The van der Waals surface area contributed by atoms with Crippen LogP contribution in [0.3, 0.4) is 0 Å². The van der Waals surface area contributed by atoms with Crippen LogP contribution in [0.1, 0.15) is 24.9 Å². The second-order valence-electron chi connectivity index (χ2n) is 6.01. The second kappa shape index (κ2) is 4.17. The van der Waals surface area contributed by atoms with Crippen LogP contribution in [0.2, 0.25) is 0 Å². The summed E-state index contributed by atoms with van der Waals surface area (Å²) in [5.74, 6) is 0.0489. The molecule has 4 rings (SSSR count). The summed E-state index contributed by atoms with van der Waals surface area (Å²) >= 11 is 0. The Hall–Kier alpha value is -1.65. The van der Waals surface area contributed by atoms with Gasteiger partial charge in [-0.3, -0.25) is 0 Å². The number of imidazole rings is 1. The van der Waals surface area contributed by atoms with Crippen molar-refractivity contribution >= 4 is 0 Å². The smallest absolute Gasteiger partial charge is 0.0956 e. The summed E-state index contributed by atoms with van der Waals surface area (Å²) in [4.78, 5) is 4.28. The molecule has 0 amide bonds. The first-order valence-electron chi connectivity index (χ1n) is 7.10. The van der Waals surface area contributed by atoms with Crippen molar-refractivity contribution in [2.24, 2.45) is 5.92 Å². The number of aromatic nitrogens is 2. The summed E-state index contributed by atoms with van der Waals surface area (Å²) in [6, 6.07) is 8.50. The molecule has 4 heteroatoms. The summed E-state index contributed by atoms with van der Waals surface area (Å²) in [6.45, 7) is 3.15. The number of rotatable bonds is 1. The minimum absolute atomic E-state index is 0.0489. The van der Waals surface area contributed by atoms with E-state index in [-0.39, 0.29) is 12.0 Å². The van der Waals surface area contributed by atoms with Crippen molar-refractivity contribution in [2.75, 3.05) is 13.2 Å². The molecule has 0 bridgehead atoms. The second-order valence-corrected chi connectivity index (χ2v) is 6.01. The van der Waals surface area contributed by atoms with Crippen molar-refractivity contribution in [1.29, 1.82) is 0 Å². The third kappa shape index (κ3) is 1.58. The monoisotopic (exact) mass is 270 g/mol. The largest absolute Gasteiger partial charge is 0.390 e. The zero-order valence-electron chi connectivity index (χ0n) is 11.5. The van der Waals surface area contributed by atoms with Gasteiger partial charge in [-0.25, -0.2) is 4.98 Å². The zero-order chi connectivity index (χ0) is 13.7. The molecule has 1 saturated heterocycles. The Labute approximate surface area is 118 Å². The summed E-state index contributed by atoms with van der Waals surface area (Å²) < 4.78 is 7.82. The van der Waals surface area contributed by atoms with Gasteiger partial charge < -0.3 is 14.4 Å². The Morgan fingerprint density at radius 1 is 1.40 bits per heavy atom. The Kier molecular flexibility index (Phi) is 2.53. The highest BCUT2D eigenvalue weighted by Crippen LogP contribution is 2.47. The molecule has 20 heavy (non-hydrogen) atoms. The quantitative estimate of drug-likeness (QED) is 0.864. The number of ether oxygens (including phenoxy) is 1. The van der Waals surface area contributed by atoms with E-state index in [1.807, 2.05) is 25.5 Å². The molecule has 0 spiro atoms. The Bertz CT molecular complexity index is 647. The van der Waals surface area contributed by atoms with Gasteiger partial charge in [-0.05, 0) is 18.9 Å². The number of hydrogen-bond acceptors (Lipinski definition) is 3. The fourth-order valence-corrected chi connectivity index (χ4v) is 3.57. The molecule has 104 valence electrons. The van der Waals surface area contributed by atoms with Crippen LogP contribution in [0.15, 0.2) is 36.8 Å². The van der Waals surface area contributed by atoms with Gasteiger partial charge in [0.15, 0.2) is 0 Å². The lowest BCUT2D eigenvalue weighted by Gasteiger charge is -2.41. The molecule has 4 nitrogen and oxygen atoms in total. The fourth-order valence-electron chi connectivity index (χ4n) is 3.57. The van der Waals surface area contributed by atoms with E-state index in [2.05, 4.69) is 27.8 Å². The molecule has 1 N–H and O–H groups in total. The molecule has 1 unspecified atom stereocenters. The van der Waals surface area contributed by atoms with E-state index in [1.54, 1.807) is 0 Å². The highest BCUT2D eigenvalue weighted by molar-refractivity contribution is 5.69. The lowest BCUT2D eigenvalue weighted by Crippen LogP contribution is -2.46. The molecule has 0 radical (unpaired) electrons. The van der Waals surface area contributed by atoms with E-state index in [1.165, 1.54) is 11.1 Å². The van der Waals surface area contributed by atoms with E-state index in [9.17, 15) is 5.11 Å². The van der Waals surface area contributed by atoms with Gasteiger partial charge in [-0.15, -0.1) is 0 Å². The van der Waals surface area contributed by atoms with Gasteiger partial charge in [0.25, 0.3) is 0 Å².